The van der Waals surface area contributed by atoms with Gasteiger partial charge in [0.15, 0.2) is 0 Å². The third kappa shape index (κ3) is 2.85. The van der Waals surface area contributed by atoms with Crippen molar-refractivity contribution in [3.05, 3.63) is 18.6 Å². The molecule has 0 amide bonds. The average molecular weight is 263 g/mol. The predicted molar refractivity (Wildman–Crippen MR) is 72.8 cm³/mol. The van der Waals surface area contributed by atoms with Crippen LogP contribution in [0.2, 0.25) is 0 Å². The molecule has 0 aromatic carbocycles. The lowest BCUT2D eigenvalue weighted by Gasteiger charge is -2.40. The fourth-order valence-electron chi connectivity index (χ4n) is 2.66. The molecule has 5 nitrogen and oxygen atoms in total. The molecule has 0 N–H and O–H groups in total. The molecule has 1 fully saturated rings. The zero-order valence-corrected chi connectivity index (χ0v) is 11.8. The second-order valence-electron chi connectivity index (χ2n) is 5.56. The van der Waals surface area contributed by atoms with E-state index in [1.807, 2.05) is 13.8 Å². The molecule has 1 unspecified atom stereocenters. The maximum atomic E-state index is 11.9. The molecule has 0 radical (unpaired) electrons. The minimum atomic E-state index is -0.463. The first-order valence-electron chi connectivity index (χ1n) is 6.65. The maximum Gasteiger partial charge on any atom is 0.311 e. The van der Waals surface area contributed by atoms with Gasteiger partial charge in [0.2, 0.25) is 0 Å². The van der Waals surface area contributed by atoms with Crippen molar-refractivity contribution in [1.29, 1.82) is 0 Å². The van der Waals surface area contributed by atoms with Crippen molar-refractivity contribution >= 4 is 11.8 Å². The second kappa shape index (κ2) is 5.55. The molecule has 1 aliphatic heterocycles. The molecule has 0 saturated carbocycles. The van der Waals surface area contributed by atoms with Crippen LogP contribution in [0.25, 0.3) is 0 Å². The first-order chi connectivity index (χ1) is 9.05. The van der Waals surface area contributed by atoms with Crippen molar-refractivity contribution in [3.8, 4) is 0 Å². The number of carbonyl (C=O) groups is 1. The Hall–Kier alpha value is -1.65. The third-order valence-corrected chi connectivity index (χ3v) is 4.03. The van der Waals surface area contributed by atoms with Crippen LogP contribution in [0.5, 0.6) is 0 Å². The summed E-state index contributed by atoms with van der Waals surface area (Å²) in [5, 5.41) is 0. The van der Waals surface area contributed by atoms with Crippen LogP contribution in [-0.4, -0.2) is 36.1 Å². The van der Waals surface area contributed by atoms with E-state index in [4.69, 9.17) is 4.74 Å². The van der Waals surface area contributed by atoms with Gasteiger partial charge in [-0.1, -0.05) is 0 Å². The number of hydrogen-bond donors (Lipinski definition) is 0. The van der Waals surface area contributed by atoms with Gasteiger partial charge in [0.1, 0.15) is 5.82 Å². The van der Waals surface area contributed by atoms with Crippen molar-refractivity contribution in [3.63, 3.8) is 0 Å². The molecule has 104 valence electrons. The number of esters is 1. The quantitative estimate of drug-likeness (QED) is 0.779. The maximum absolute atomic E-state index is 11.9. The van der Waals surface area contributed by atoms with Crippen LogP contribution in [0.3, 0.4) is 0 Å². The molecular formula is C14H21N3O2. The van der Waals surface area contributed by atoms with Gasteiger partial charge in [0.25, 0.3) is 0 Å². The van der Waals surface area contributed by atoms with Gasteiger partial charge in [0.05, 0.1) is 18.7 Å². The second-order valence-corrected chi connectivity index (χ2v) is 5.56. The molecular weight excluding hydrogens is 242 g/mol. The van der Waals surface area contributed by atoms with E-state index in [9.17, 15) is 4.79 Å². The summed E-state index contributed by atoms with van der Waals surface area (Å²) in [6.07, 6.45) is 7.24. The van der Waals surface area contributed by atoms with Crippen LogP contribution in [0.15, 0.2) is 18.6 Å². The van der Waals surface area contributed by atoms with Crippen LogP contribution in [-0.2, 0) is 9.53 Å². The first-order valence-corrected chi connectivity index (χ1v) is 6.65. The lowest BCUT2D eigenvalue weighted by molar-refractivity contribution is -0.154. The summed E-state index contributed by atoms with van der Waals surface area (Å²) in [6, 6.07) is 0. The molecule has 5 heteroatoms. The van der Waals surface area contributed by atoms with Crippen molar-refractivity contribution in [1.82, 2.24) is 9.97 Å². The van der Waals surface area contributed by atoms with Crippen molar-refractivity contribution in [2.45, 2.75) is 26.7 Å². The fourth-order valence-corrected chi connectivity index (χ4v) is 2.66. The smallest absolute Gasteiger partial charge is 0.311 e. The van der Waals surface area contributed by atoms with Crippen LogP contribution in [0, 0.1) is 11.3 Å². The summed E-state index contributed by atoms with van der Waals surface area (Å²) >= 11 is 0. The molecule has 0 aliphatic carbocycles. The number of rotatable bonds is 3. The van der Waals surface area contributed by atoms with Crippen molar-refractivity contribution in [2.24, 2.45) is 11.3 Å². The van der Waals surface area contributed by atoms with Crippen molar-refractivity contribution in [2.75, 3.05) is 25.1 Å². The van der Waals surface area contributed by atoms with E-state index in [1.54, 1.807) is 18.6 Å². The standard InChI is InChI=1S/C14H21N3O2/c1-14(2,13(18)19-3)11-5-4-8-17(10-11)12-9-15-6-7-16-12/h6-7,9,11H,4-5,8,10H2,1-3H3. The van der Waals surface area contributed by atoms with Crippen molar-refractivity contribution < 1.29 is 9.53 Å². The van der Waals surface area contributed by atoms with E-state index in [2.05, 4.69) is 14.9 Å². The highest BCUT2D eigenvalue weighted by Crippen LogP contribution is 2.35. The molecule has 1 aliphatic rings. The molecule has 1 aromatic rings. The topological polar surface area (TPSA) is 55.3 Å². The Labute approximate surface area is 114 Å². The summed E-state index contributed by atoms with van der Waals surface area (Å²) < 4.78 is 4.92. The van der Waals surface area contributed by atoms with Gasteiger partial charge in [-0.2, -0.15) is 0 Å². The molecule has 1 saturated heterocycles. The minimum absolute atomic E-state index is 0.140. The number of ether oxygens (including phenoxy) is 1. The van der Waals surface area contributed by atoms with Crippen LogP contribution < -0.4 is 4.90 Å². The molecule has 0 spiro atoms. The Morgan fingerprint density at radius 1 is 1.47 bits per heavy atom. The summed E-state index contributed by atoms with van der Waals surface area (Å²) in [6.45, 7) is 5.71. The molecule has 1 atom stereocenters. The first kappa shape index (κ1) is 13.8. The van der Waals surface area contributed by atoms with E-state index >= 15 is 0 Å². The average Bonchev–Trinajstić information content (AvgIpc) is 2.47. The highest BCUT2D eigenvalue weighted by molar-refractivity contribution is 5.76. The van der Waals surface area contributed by atoms with Gasteiger partial charge in [-0.15, -0.1) is 0 Å². The van der Waals surface area contributed by atoms with Crippen LogP contribution in [0.1, 0.15) is 26.7 Å². The van der Waals surface area contributed by atoms with Crippen LogP contribution >= 0.6 is 0 Å². The zero-order valence-electron chi connectivity index (χ0n) is 11.8. The largest absolute Gasteiger partial charge is 0.469 e. The molecule has 2 rings (SSSR count). The normalized spacial score (nSPS) is 20.2. The highest BCUT2D eigenvalue weighted by Gasteiger charge is 2.40. The SMILES string of the molecule is COC(=O)C(C)(C)C1CCCN(c2cnccn2)C1. The molecule has 19 heavy (non-hydrogen) atoms. The number of methoxy groups -OCH3 is 1. The molecule has 0 bridgehead atoms. The number of nitrogens with zero attached hydrogens (tertiary/aromatic N) is 3. The summed E-state index contributed by atoms with van der Waals surface area (Å²) in [5.41, 5.74) is -0.463. The Morgan fingerprint density at radius 2 is 2.26 bits per heavy atom. The summed E-state index contributed by atoms with van der Waals surface area (Å²) in [5.74, 6) is 1.02. The number of piperidine rings is 1. The number of aromatic nitrogens is 2. The summed E-state index contributed by atoms with van der Waals surface area (Å²) in [4.78, 5) is 22.5. The van der Waals surface area contributed by atoms with E-state index in [0.29, 0.717) is 0 Å². The van der Waals surface area contributed by atoms with E-state index in [0.717, 1.165) is 31.7 Å². The van der Waals surface area contributed by atoms with E-state index in [-0.39, 0.29) is 11.9 Å². The third-order valence-electron chi connectivity index (χ3n) is 4.03. The van der Waals surface area contributed by atoms with Gasteiger partial charge >= 0.3 is 5.97 Å². The van der Waals surface area contributed by atoms with E-state index < -0.39 is 5.41 Å². The Kier molecular flexibility index (Phi) is 4.02. The Morgan fingerprint density at radius 3 is 2.89 bits per heavy atom. The fraction of sp³-hybridized carbons (Fsp3) is 0.643. The summed E-state index contributed by atoms with van der Waals surface area (Å²) in [7, 11) is 1.45. The number of anilines is 1. The number of hydrogen-bond acceptors (Lipinski definition) is 5. The lowest BCUT2D eigenvalue weighted by Crippen LogP contribution is -2.45. The highest BCUT2D eigenvalue weighted by atomic mass is 16.5. The van der Waals surface area contributed by atoms with Gasteiger partial charge in [-0.25, -0.2) is 4.98 Å². The Bertz CT molecular complexity index is 434. The van der Waals surface area contributed by atoms with E-state index in [1.165, 1.54) is 7.11 Å². The van der Waals surface area contributed by atoms with Crippen LogP contribution in [0.4, 0.5) is 5.82 Å². The van der Waals surface area contributed by atoms with Gasteiger partial charge in [-0.3, -0.25) is 9.78 Å². The monoisotopic (exact) mass is 263 g/mol. The predicted octanol–water partition coefficient (Wildman–Crippen LogP) is 1.89. The van der Waals surface area contributed by atoms with Gasteiger partial charge in [-0.05, 0) is 32.6 Å². The minimum Gasteiger partial charge on any atom is -0.469 e. The molecule has 2 heterocycles. The Balaban J connectivity index is 2.11. The molecule has 1 aromatic heterocycles. The lowest BCUT2D eigenvalue weighted by atomic mass is 9.74. The van der Waals surface area contributed by atoms with Gasteiger partial charge < -0.3 is 9.64 Å². The zero-order chi connectivity index (χ0) is 13.9. The number of carbonyl (C=O) groups excluding carboxylic acids is 1. The van der Waals surface area contributed by atoms with Gasteiger partial charge in [0, 0.05) is 25.5 Å².